The van der Waals surface area contributed by atoms with E-state index in [1.165, 1.54) is 99.7 Å². The van der Waals surface area contributed by atoms with Crippen LogP contribution in [0.3, 0.4) is 0 Å². The number of aromatic amines is 5. The molecule has 18 aromatic rings. The van der Waals surface area contributed by atoms with Crippen molar-refractivity contribution in [1.29, 1.82) is 0 Å². The summed E-state index contributed by atoms with van der Waals surface area (Å²) in [5.41, 5.74) is 11.3. The first kappa shape index (κ1) is 94.6. The molecule has 0 unspecified atom stereocenters. The number of nitrogens with zero attached hydrogens (tertiary/aromatic N) is 18. The molecule has 140 heavy (non-hydrogen) atoms. The number of halogens is 10. The fraction of sp³-hybridized carbons (Fsp3) is 0.235. The number of hydrogen-bond acceptors (Lipinski definition) is 26. The van der Waals surface area contributed by atoms with Crippen LogP contribution in [-0.4, -0.2) is 152 Å². The van der Waals surface area contributed by atoms with Gasteiger partial charge in [-0.3, -0.25) is 30.1 Å². The van der Waals surface area contributed by atoms with Crippen LogP contribution in [0.25, 0.3) is 89.4 Å². The van der Waals surface area contributed by atoms with E-state index < -0.39 is 29.3 Å². The maximum atomic E-state index is 13.8. The highest BCUT2D eigenvalue weighted by atomic mass is 35.5. The molecule has 12 aromatic heterocycles. The number of nitrogens with one attached hydrogen (secondary N) is 10. The maximum Gasteiger partial charge on any atom is 0.417 e. The number of pyridine rings is 2. The fourth-order valence-electron chi connectivity index (χ4n) is 16.8. The number of H-pyrrole nitrogens is 5. The molecule has 10 N–H and O–H groups in total. The molecule has 29 nitrogen and oxygen atoms in total. The van der Waals surface area contributed by atoms with Gasteiger partial charge in [0.05, 0.1) is 72.6 Å². The van der Waals surface area contributed by atoms with Gasteiger partial charge in [-0.25, -0.2) is 68.6 Å². The van der Waals surface area contributed by atoms with Crippen LogP contribution >= 0.6 is 58.5 Å². The highest BCUT2D eigenvalue weighted by Gasteiger charge is 2.38. The Hall–Kier alpha value is -14.3. The first-order chi connectivity index (χ1) is 67.9. The van der Waals surface area contributed by atoms with Gasteiger partial charge in [-0.1, -0.05) is 103 Å². The Morgan fingerprint density at radius 1 is 0.471 bits per heavy atom. The second-order valence-corrected chi connectivity index (χ2v) is 37.4. The third-order valence-electron chi connectivity index (χ3n) is 23.7. The number of anilines is 10. The Morgan fingerprint density at radius 2 is 1.03 bits per heavy atom. The fourth-order valence-corrected chi connectivity index (χ4v) is 20.3. The average molecular weight is 1990 g/mol. The number of alkyl halides is 6. The van der Waals surface area contributed by atoms with Crippen molar-refractivity contribution in [3.63, 3.8) is 0 Å². The molecule has 0 radical (unpaired) electrons. The molecule has 0 atom stereocenters. The minimum Gasteiger partial charge on any atom is -0.344 e. The number of thioether (sulfide) groups is 3. The Labute approximate surface area is 817 Å². The first-order valence-electron chi connectivity index (χ1n) is 44.7. The van der Waals surface area contributed by atoms with Crippen LogP contribution in [-0.2, 0) is 59.7 Å². The summed E-state index contributed by atoms with van der Waals surface area (Å²) in [6.07, 6.45) is 2.99. The molecule has 712 valence electrons. The van der Waals surface area contributed by atoms with Crippen molar-refractivity contribution < 1.29 is 39.9 Å². The molecule has 42 heteroatoms. The monoisotopic (exact) mass is 1990 g/mol. The van der Waals surface area contributed by atoms with Crippen LogP contribution in [0.4, 0.5) is 93.2 Å². The average Bonchev–Trinajstić information content (AvgIpc) is 1.77. The lowest BCUT2D eigenvalue weighted by Gasteiger charge is -2.28. The number of carbonyl (C=O) groups is 1. The quantitative estimate of drug-likeness (QED) is 0.0379. The number of benzene rings is 6. The zero-order chi connectivity index (χ0) is 96.7. The normalized spacial score (nSPS) is 14.2. The molecule has 1 aliphatic carbocycles. The van der Waals surface area contributed by atoms with Gasteiger partial charge in [0.15, 0.2) is 46.4 Å². The zero-order valence-electron chi connectivity index (χ0n) is 75.0. The van der Waals surface area contributed by atoms with Gasteiger partial charge in [0.1, 0.15) is 58.0 Å². The number of fused-ring (bicyclic) bond motifs is 7. The third kappa shape index (κ3) is 21.9. The van der Waals surface area contributed by atoms with Gasteiger partial charge in [0, 0.05) is 177 Å². The summed E-state index contributed by atoms with van der Waals surface area (Å²) in [7, 11) is 0. The van der Waals surface area contributed by atoms with E-state index in [2.05, 4.69) is 122 Å². The molecule has 5 aliphatic rings. The summed E-state index contributed by atoms with van der Waals surface area (Å²) in [6.45, 7) is 8.77. The van der Waals surface area contributed by atoms with Crippen molar-refractivity contribution in [2.45, 2.75) is 114 Å². The lowest BCUT2D eigenvalue weighted by molar-refractivity contribution is -0.137. The van der Waals surface area contributed by atoms with E-state index >= 15 is 0 Å². The summed E-state index contributed by atoms with van der Waals surface area (Å²) >= 11 is 18.2. The molecule has 0 spiro atoms. The van der Waals surface area contributed by atoms with Crippen LogP contribution in [0.2, 0.25) is 10.0 Å². The lowest BCUT2D eigenvalue weighted by atomic mass is 9.88. The van der Waals surface area contributed by atoms with E-state index in [1.54, 1.807) is 47.3 Å². The van der Waals surface area contributed by atoms with Crippen LogP contribution in [0.1, 0.15) is 113 Å². The van der Waals surface area contributed by atoms with Crippen molar-refractivity contribution in [1.82, 2.24) is 115 Å². The predicted octanol–water partition coefficient (Wildman–Crippen LogP) is 23.6. The summed E-state index contributed by atoms with van der Waals surface area (Å²) in [6, 6.07) is 47.7. The zero-order valence-corrected chi connectivity index (χ0v) is 79.0. The number of aromatic nitrogens is 21. The van der Waals surface area contributed by atoms with E-state index in [0.29, 0.717) is 109 Å². The van der Waals surface area contributed by atoms with Gasteiger partial charge < -0.3 is 36.5 Å². The summed E-state index contributed by atoms with van der Waals surface area (Å²) in [4.78, 5) is 73.7. The van der Waals surface area contributed by atoms with Crippen molar-refractivity contribution in [2.75, 3.05) is 57.7 Å². The second-order valence-electron chi connectivity index (χ2n) is 33.4. The first-order valence-corrected chi connectivity index (χ1v) is 48.9. The number of amides is 1. The highest BCUT2D eigenvalue weighted by molar-refractivity contribution is 7.99. The van der Waals surface area contributed by atoms with Crippen LogP contribution in [0, 0.1) is 25.5 Å². The van der Waals surface area contributed by atoms with Crippen molar-refractivity contribution in [2.24, 2.45) is 0 Å². The molecule has 4 aliphatic heterocycles. The Balaban J connectivity index is 0.000000112. The van der Waals surface area contributed by atoms with Gasteiger partial charge in [0.2, 0.25) is 5.91 Å². The van der Waals surface area contributed by atoms with E-state index in [0.717, 1.165) is 156 Å². The van der Waals surface area contributed by atoms with Gasteiger partial charge in [-0.2, -0.15) is 82.0 Å². The minimum atomic E-state index is -4.61. The molecular weight excluding hydrogens is 1900 g/mol. The van der Waals surface area contributed by atoms with Crippen LogP contribution < -0.4 is 26.6 Å². The minimum absolute atomic E-state index is 0.0427. The molecule has 0 bridgehead atoms. The number of rotatable bonds is 17. The Bertz CT molecular complexity index is 7600. The molecular formula is C98H86Cl2F8N28OS3. The van der Waals surface area contributed by atoms with Gasteiger partial charge in [-0.05, 0) is 130 Å². The molecule has 1 saturated heterocycles. The predicted molar refractivity (Wildman–Crippen MR) is 532 cm³/mol. The summed E-state index contributed by atoms with van der Waals surface area (Å²) in [5, 5.41) is 48.7. The molecule has 6 aromatic carbocycles. The molecule has 1 amide bonds. The molecule has 1 saturated carbocycles. The Morgan fingerprint density at radius 3 is 1.64 bits per heavy atom. The number of aryl methyl sites for hydroxylation is 2. The SMILES string of the molecule is CC(=O)N1CCc2c(nc(-c3ccccc3C(F)(F)F)nc2Nc2n[nH]c3ccc(F)cc23)C1.Cc1cc(Nc2cc(C)[nH]n2)nc(C2CCCCC2)n1.Clc1ccccc1-c1nc2c(c(Nc3c[nH]c4ncccc34)n1)CSC2.FC(F)(F)c1ccccc1-c1nc2c(c(Nc3[nH]nc4ncccc34)n1)CSC2.Fc1ccc2[nH]nc(Nc3cc(CN4CCSCC4)nc(-c4ccccc4Cl)n3)c2c1. The largest absolute Gasteiger partial charge is 0.417 e. The third-order valence-corrected chi connectivity index (χ3v) is 27.3. The van der Waals surface area contributed by atoms with Gasteiger partial charge >= 0.3 is 12.4 Å². The molecule has 23 rings (SSSR count). The smallest absolute Gasteiger partial charge is 0.344 e. The van der Waals surface area contributed by atoms with Crippen molar-refractivity contribution in [3.05, 3.63) is 284 Å². The number of carbonyl (C=O) groups excluding carboxylic acids is 1. The topological polar surface area (TPSA) is 369 Å². The standard InChI is InChI=1S/C23H18F4N6O.C22H20ClFN6S.C19H14ClN5S.C19H13F3N6S.C15H21N5/c1-12(34)33-9-8-15-19(11-33)28-20(14-4-2-3-5-17(14)23(25,26)27)29-21(15)30-22-16-10-13(24)6-7-18(16)31-32-22;23-18-4-2-1-3-16(18)21-25-15(13-30-7-9-31-10-8-30)12-20(26-21)27-22-17-11-14(24)5-6-19(17)28-29-22;20-14-6-2-1-4-11(14)18-24-16-10-26-9-13(16)19(25-18)23-15-8-22-17-12(15)5-3-7-21-17;20-19(21,22)13-6-2-1-4-10(13)16-24-14-9-29-8-12(14)17(25-16)26-18-11-5-3-7-23-15(11)27-28-18;1-10-8-13(17-14-9-11(2)19-20-14)18-15(16-10)12-6-4-3-5-7-12/h2-7,10H,8-9,11H2,1H3,(H2,28,29,30,31,32);1-6,11-12H,7-10,13H2,(H2,25,26,27,28,29);1-8H,9-10H2,(H,21,22)(H,23,24,25);1-7H,8-9H2,(H2,23,24,25,26,27,28);8-9,12H,3-7H2,1-2H3,(H2,16,17,18,19,20). The van der Waals surface area contributed by atoms with E-state index in [4.69, 9.17) is 38.2 Å². The summed E-state index contributed by atoms with van der Waals surface area (Å²) < 4.78 is 109. The highest BCUT2D eigenvalue weighted by Crippen LogP contribution is 2.45. The molecule has 2 fully saturated rings. The second kappa shape index (κ2) is 41.8. The molecule has 16 heterocycles. The van der Waals surface area contributed by atoms with E-state index in [9.17, 15) is 39.9 Å². The van der Waals surface area contributed by atoms with E-state index in [1.807, 2.05) is 128 Å². The maximum absolute atomic E-state index is 13.8. The van der Waals surface area contributed by atoms with E-state index in [-0.39, 0.29) is 52.7 Å². The van der Waals surface area contributed by atoms with Crippen LogP contribution in [0.15, 0.2) is 195 Å². The van der Waals surface area contributed by atoms with Crippen molar-refractivity contribution >= 4 is 166 Å². The lowest BCUT2D eigenvalue weighted by Crippen LogP contribution is -2.35. The summed E-state index contributed by atoms with van der Waals surface area (Å²) in [5.74, 6) is 12.2. The van der Waals surface area contributed by atoms with Gasteiger partial charge in [-0.15, -0.1) is 0 Å². The van der Waals surface area contributed by atoms with Gasteiger partial charge in [0.25, 0.3) is 0 Å². The number of hydrogen-bond donors (Lipinski definition) is 10. The van der Waals surface area contributed by atoms with Crippen molar-refractivity contribution in [3.8, 4) is 45.6 Å². The Kier molecular flexibility index (Phi) is 28.2. The van der Waals surface area contributed by atoms with Crippen LogP contribution in [0.5, 0.6) is 0 Å².